The average Bonchev–Trinajstić information content (AvgIpc) is 2.90. The molecule has 0 fully saturated rings. The Kier molecular flexibility index (Phi) is 12.6. The fourth-order valence-corrected chi connectivity index (χ4v) is 3.01. The Bertz CT molecular complexity index is 995. The second-order valence-corrected chi connectivity index (χ2v) is 8.80. The number of esters is 1. The SMILES string of the molecule is CCC(C)(C)C(=O)OCCN(CCOCCOCCO)c1ccc(/N=N/c2ccc([N+](=O)[O-])cc2)cc1. The van der Waals surface area contributed by atoms with Crippen LogP contribution in [0.15, 0.2) is 58.8 Å². The highest BCUT2D eigenvalue weighted by molar-refractivity contribution is 5.75. The first-order valence-electron chi connectivity index (χ1n) is 12.2. The van der Waals surface area contributed by atoms with Gasteiger partial charge in [-0.2, -0.15) is 10.2 Å². The Labute approximate surface area is 217 Å². The smallest absolute Gasteiger partial charge is 0.311 e. The second kappa shape index (κ2) is 15.6. The molecule has 2 aromatic carbocycles. The minimum atomic E-state index is -0.529. The van der Waals surface area contributed by atoms with Crippen molar-refractivity contribution in [1.29, 1.82) is 0 Å². The first-order chi connectivity index (χ1) is 17.8. The first-order valence-corrected chi connectivity index (χ1v) is 12.2. The predicted molar refractivity (Wildman–Crippen MR) is 140 cm³/mol. The van der Waals surface area contributed by atoms with Crippen molar-refractivity contribution in [2.45, 2.75) is 27.2 Å². The number of non-ortho nitro benzene ring substituents is 1. The average molecular weight is 517 g/mol. The van der Waals surface area contributed by atoms with Gasteiger partial charge in [0.2, 0.25) is 0 Å². The number of aliphatic hydroxyl groups is 1. The number of nitrogens with zero attached hydrogens (tertiary/aromatic N) is 4. The Morgan fingerprint density at radius 3 is 2.00 bits per heavy atom. The molecule has 37 heavy (non-hydrogen) atoms. The molecule has 2 aromatic rings. The van der Waals surface area contributed by atoms with Crippen molar-refractivity contribution in [2.75, 3.05) is 57.6 Å². The fourth-order valence-electron chi connectivity index (χ4n) is 3.01. The lowest BCUT2D eigenvalue weighted by Crippen LogP contribution is -2.34. The number of carbonyl (C=O) groups excluding carboxylic acids is 1. The molecular weight excluding hydrogens is 480 g/mol. The van der Waals surface area contributed by atoms with Crippen LogP contribution in [0, 0.1) is 15.5 Å². The summed E-state index contributed by atoms with van der Waals surface area (Å²) >= 11 is 0. The number of hydrogen-bond donors (Lipinski definition) is 1. The van der Waals surface area contributed by atoms with Crippen molar-refractivity contribution in [3.8, 4) is 0 Å². The second-order valence-electron chi connectivity index (χ2n) is 8.80. The van der Waals surface area contributed by atoms with E-state index in [0.29, 0.717) is 50.7 Å². The van der Waals surface area contributed by atoms with E-state index in [1.807, 2.05) is 45.0 Å². The molecule has 0 atom stereocenters. The van der Waals surface area contributed by atoms with E-state index < -0.39 is 10.3 Å². The highest BCUT2D eigenvalue weighted by Crippen LogP contribution is 2.24. The number of aliphatic hydroxyl groups excluding tert-OH is 1. The van der Waals surface area contributed by atoms with Crippen LogP contribution >= 0.6 is 0 Å². The lowest BCUT2D eigenvalue weighted by Gasteiger charge is -2.26. The minimum absolute atomic E-state index is 0.00556. The van der Waals surface area contributed by atoms with Gasteiger partial charge >= 0.3 is 5.97 Å². The van der Waals surface area contributed by atoms with Crippen LogP contribution in [0.4, 0.5) is 22.7 Å². The molecule has 0 amide bonds. The van der Waals surface area contributed by atoms with Gasteiger partial charge in [-0.1, -0.05) is 6.92 Å². The molecule has 0 aliphatic rings. The molecule has 0 unspecified atom stereocenters. The van der Waals surface area contributed by atoms with E-state index in [1.54, 1.807) is 0 Å². The highest BCUT2D eigenvalue weighted by atomic mass is 16.6. The maximum atomic E-state index is 12.3. The Hall–Kier alpha value is -3.41. The van der Waals surface area contributed by atoms with Crippen molar-refractivity contribution < 1.29 is 29.0 Å². The molecule has 0 bridgehead atoms. The van der Waals surface area contributed by atoms with E-state index in [-0.39, 0.29) is 31.5 Å². The van der Waals surface area contributed by atoms with Crippen LogP contribution < -0.4 is 4.90 Å². The monoisotopic (exact) mass is 516 g/mol. The molecule has 202 valence electrons. The van der Waals surface area contributed by atoms with Crippen LogP contribution in [0.3, 0.4) is 0 Å². The first kappa shape index (κ1) is 29.8. The maximum absolute atomic E-state index is 12.3. The van der Waals surface area contributed by atoms with Crippen molar-refractivity contribution in [3.63, 3.8) is 0 Å². The molecule has 0 spiro atoms. The summed E-state index contributed by atoms with van der Waals surface area (Å²) in [6, 6.07) is 13.2. The number of nitro benzene ring substituents is 1. The van der Waals surface area contributed by atoms with Crippen molar-refractivity contribution in [3.05, 3.63) is 58.6 Å². The van der Waals surface area contributed by atoms with Crippen LogP contribution in [0.1, 0.15) is 27.2 Å². The van der Waals surface area contributed by atoms with E-state index in [9.17, 15) is 14.9 Å². The van der Waals surface area contributed by atoms with E-state index in [0.717, 1.165) is 5.69 Å². The van der Waals surface area contributed by atoms with Gasteiger partial charge in [0, 0.05) is 24.4 Å². The number of hydrogen-bond acceptors (Lipinski definition) is 10. The summed E-state index contributed by atoms with van der Waals surface area (Å²) in [5.74, 6) is -0.228. The predicted octanol–water partition coefficient (Wildman–Crippen LogP) is 4.82. The lowest BCUT2D eigenvalue weighted by molar-refractivity contribution is -0.384. The van der Waals surface area contributed by atoms with Gasteiger partial charge in [-0.25, -0.2) is 0 Å². The Morgan fingerprint density at radius 1 is 0.919 bits per heavy atom. The van der Waals surface area contributed by atoms with Crippen LogP contribution in [0.2, 0.25) is 0 Å². The molecule has 0 radical (unpaired) electrons. The number of anilines is 1. The van der Waals surface area contributed by atoms with E-state index in [1.165, 1.54) is 24.3 Å². The van der Waals surface area contributed by atoms with Gasteiger partial charge in [-0.15, -0.1) is 0 Å². The molecule has 0 aliphatic carbocycles. The quantitative estimate of drug-likeness (QED) is 0.104. The topological polar surface area (TPSA) is 136 Å². The number of azo groups is 1. The van der Waals surface area contributed by atoms with Gasteiger partial charge in [0.05, 0.1) is 61.3 Å². The molecule has 0 aromatic heterocycles. The summed E-state index contributed by atoms with van der Waals surface area (Å²) in [7, 11) is 0. The molecule has 2 rings (SSSR count). The molecule has 11 heteroatoms. The zero-order valence-electron chi connectivity index (χ0n) is 21.7. The van der Waals surface area contributed by atoms with Gasteiger partial charge in [0.1, 0.15) is 6.61 Å². The summed E-state index contributed by atoms with van der Waals surface area (Å²) in [5, 5.41) is 27.8. The van der Waals surface area contributed by atoms with Crippen LogP contribution in [0.25, 0.3) is 0 Å². The fraction of sp³-hybridized carbons (Fsp3) is 0.500. The maximum Gasteiger partial charge on any atom is 0.311 e. The Morgan fingerprint density at radius 2 is 1.46 bits per heavy atom. The van der Waals surface area contributed by atoms with Crippen molar-refractivity contribution >= 4 is 28.7 Å². The number of nitro groups is 1. The number of ether oxygens (including phenoxy) is 3. The van der Waals surface area contributed by atoms with Gasteiger partial charge in [-0.3, -0.25) is 14.9 Å². The summed E-state index contributed by atoms with van der Waals surface area (Å²) in [4.78, 5) is 24.7. The van der Waals surface area contributed by atoms with Crippen LogP contribution in [-0.2, 0) is 19.0 Å². The largest absolute Gasteiger partial charge is 0.463 e. The zero-order chi connectivity index (χ0) is 27.1. The Balaban J connectivity index is 1.98. The molecule has 11 nitrogen and oxygen atoms in total. The summed E-state index contributed by atoms with van der Waals surface area (Å²) in [6.07, 6.45) is 0.692. The molecule has 0 saturated heterocycles. The normalized spacial score (nSPS) is 11.6. The molecule has 0 heterocycles. The third-order valence-corrected chi connectivity index (χ3v) is 5.70. The summed E-state index contributed by atoms with van der Waals surface area (Å²) < 4.78 is 16.3. The summed E-state index contributed by atoms with van der Waals surface area (Å²) in [5.41, 5.74) is 1.50. The van der Waals surface area contributed by atoms with E-state index in [4.69, 9.17) is 19.3 Å². The number of rotatable bonds is 17. The van der Waals surface area contributed by atoms with Gasteiger partial charge < -0.3 is 24.2 Å². The van der Waals surface area contributed by atoms with E-state index >= 15 is 0 Å². The number of carbonyl (C=O) groups is 1. The van der Waals surface area contributed by atoms with Gasteiger partial charge in [-0.05, 0) is 56.7 Å². The summed E-state index contributed by atoms with van der Waals surface area (Å²) in [6.45, 7) is 8.49. The van der Waals surface area contributed by atoms with Gasteiger partial charge in [0.25, 0.3) is 5.69 Å². The molecule has 1 N–H and O–H groups in total. The van der Waals surface area contributed by atoms with Crippen molar-refractivity contribution in [2.24, 2.45) is 15.6 Å². The minimum Gasteiger partial charge on any atom is -0.463 e. The van der Waals surface area contributed by atoms with Crippen LogP contribution in [0.5, 0.6) is 0 Å². The third-order valence-electron chi connectivity index (χ3n) is 5.70. The number of benzene rings is 2. The lowest BCUT2D eigenvalue weighted by atomic mass is 9.91. The standard InChI is InChI=1S/C26H36N4O7/c1-4-26(2,3)25(32)37-17-14-29(13-16-35-19-20-36-18-15-31)23-9-5-21(6-10-23)27-28-22-7-11-24(12-8-22)30(33)34/h5-12,31H,4,13-20H2,1-3H3/b28-27+. The molecule has 0 saturated carbocycles. The molecular formula is C26H36N4O7. The third kappa shape index (κ3) is 10.6. The van der Waals surface area contributed by atoms with Crippen LogP contribution in [-0.4, -0.2) is 68.7 Å². The zero-order valence-corrected chi connectivity index (χ0v) is 21.7. The molecule has 0 aliphatic heterocycles. The van der Waals surface area contributed by atoms with Gasteiger partial charge in [0.15, 0.2) is 0 Å². The highest BCUT2D eigenvalue weighted by Gasteiger charge is 2.27. The van der Waals surface area contributed by atoms with E-state index in [2.05, 4.69) is 15.1 Å². The van der Waals surface area contributed by atoms with Crippen molar-refractivity contribution in [1.82, 2.24) is 0 Å².